The summed E-state index contributed by atoms with van der Waals surface area (Å²) in [6.45, 7) is 5.23. The molecule has 244 valence electrons. The molecule has 6 rings (SSSR count). The normalized spacial score (nSPS) is 17.9. The summed E-state index contributed by atoms with van der Waals surface area (Å²) >= 11 is 0. The van der Waals surface area contributed by atoms with E-state index in [4.69, 9.17) is 10.5 Å². The van der Waals surface area contributed by atoms with Crippen LogP contribution in [0.25, 0.3) is 11.3 Å². The van der Waals surface area contributed by atoms with E-state index in [1.54, 1.807) is 17.0 Å². The van der Waals surface area contributed by atoms with Crippen molar-refractivity contribution in [3.63, 3.8) is 0 Å². The number of fused-ring (bicyclic) bond motifs is 4. The van der Waals surface area contributed by atoms with Crippen molar-refractivity contribution < 1.29 is 22.7 Å². The third-order valence-corrected chi connectivity index (χ3v) is 10.3. The maximum atomic E-state index is 13.4. The van der Waals surface area contributed by atoms with Crippen LogP contribution in [-0.2, 0) is 21.2 Å². The van der Waals surface area contributed by atoms with Gasteiger partial charge in [0.1, 0.15) is 0 Å². The van der Waals surface area contributed by atoms with E-state index in [2.05, 4.69) is 20.0 Å². The number of sulfonamides is 1. The number of rotatable bonds is 4. The Morgan fingerprint density at radius 3 is 2.40 bits per heavy atom. The van der Waals surface area contributed by atoms with E-state index < -0.39 is 27.4 Å². The Morgan fingerprint density at radius 1 is 0.979 bits per heavy atom. The first-order valence-electron chi connectivity index (χ1n) is 15.6. The maximum Gasteiger partial charge on any atom is 0.264 e. The summed E-state index contributed by atoms with van der Waals surface area (Å²) < 4.78 is 35.6. The average molecular weight is 655 g/mol. The van der Waals surface area contributed by atoms with Crippen LogP contribution >= 0.6 is 0 Å². The molecule has 47 heavy (non-hydrogen) atoms. The molecule has 1 aromatic heterocycles. The topological polar surface area (TPSA) is 157 Å². The van der Waals surface area contributed by atoms with Crippen molar-refractivity contribution in [1.82, 2.24) is 20.2 Å². The van der Waals surface area contributed by atoms with Gasteiger partial charge in [0.2, 0.25) is 17.7 Å². The molecule has 2 amide bonds. The van der Waals surface area contributed by atoms with Crippen molar-refractivity contribution in [2.45, 2.75) is 44.0 Å². The zero-order valence-electron chi connectivity index (χ0n) is 26.4. The van der Waals surface area contributed by atoms with Gasteiger partial charge in [0.25, 0.3) is 15.9 Å². The number of piperidine rings is 1. The molecular formula is C35H38N6O5S. The van der Waals surface area contributed by atoms with Gasteiger partial charge in [-0.1, -0.05) is 54.6 Å². The highest BCUT2D eigenvalue weighted by Crippen LogP contribution is 2.34. The number of hydrogen-bond donors (Lipinski definition) is 3. The van der Waals surface area contributed by atoms with Gasteiger partial charge in [-0.15, -0.1) is 0 Å². The minimum atomic E-state index is -4.14. The number of carbonyl (C=O) groups excluding carboxylic acids is 2. The van der Waals surface area contributed by atoms with Gasteiger partial charge in [-0.2, -0.15) is 4.98 Å². The number of hydrogen-bond acceptors (Lipinski definition) is 8. The Balaban J connectivity index is 1.31. The van der Waals surface area contributed by atoms with Crippen LogP contribution < -0.4 is 20.5 Å². The fraction of sp³-hybridized carbons (Fsp3) is 0.314. The minimum absolute atomic E-state index is 0.0980. The van der Waals surface area contributed by atoms with Crippen molar-refractivity contribution in [1.29, 1.82) is 0 Å². The van der Waals surface area contributed by atoms with Gasteiger partial charge in [-0.25, -0.2) is 18.1 Å². The van der Waals surface area contributed by atoms with Crippen molar-refractivity contribution in [3.8, 4) is 17.1 Å². The predicted octanol–water partition coefficient (Wildman–Crippen LogP) is 3.86. The summed E-state index contributed by atoms with van der Waals surface area (Å²) in [6.07, 6.45) is 1.54. The van der Waals surface area contributed by atoms with Crippen molar-refractivity contribution in [2.75, 3.05) is 31.0 Å². The van der Waals surface area contributed by atoms with Crippen LogP contribution in [0, 0.1) is 19.3 Å². The number of anilines is 1. The standard InChI is InChI=1S/C35H38N6O5S/c1-23-8-6-9-24(2)31(23)29-20-30-39-34(38-29)40-47(44,45)27-13-7-12-26(19-27)32(42)37-21-35(22-46-30)14-16-41(17-15-35)33(43)28(36)18-25-10-4-3-5-11-25/h3-13,19-20,28H,14-18,21-22,36H2,1-2H3,(H,37,42)(H,38,39,40). The minimum Gasteiger partial charge on any atom is -0.477 e. The Morgan fingerprint density at radius 2 is 1.68 bits per heavy atom. The highest BCUT2D eigenvalue weighted by Gasteiger charge is 2.38. The second kappa shape index (κ2) is 13.1. The van der Waals surface area contributed by atoms with Gasteiger partial charge in [0.15, 0.2) is 0 Å². The third-order valence-electron chi connectivity index (χ3n) is 8.97. The first kappa shape index (κ1) is 32.1. The summed E-state index contributed by atoms with van der Waals surface area (Å²) in [5, 5.41) is 3.00. The highest BCUT2D eigenvalue weighted by molar-refractivity contribution is 7.92. The number of nitrogens with zero attached hydrogens (tertiary/aromatic N) is 3. The van der Waals surface area contributed by atoms with Crippen molar-refractivity contribution in [2.24, 2.45) is 11.1 Å². The lowest BCUT2D eigenvalue weighted by molar-refractivity contribution is -0.135. The van der Waals surface area contributed by atoms with Crippen LogP contribution in [0.5, 0.6) is 5.88 Å². The zero-order chi connectivity index (χ0) is 33.2. The van der Waals surface area contributed by atoms with Crippen LogP contribution in [0.15, 0.2) is 83.8 Å². The largest absolute Gasteiger partial charge is 0.477 e. The SMILES string of the molecule is Cc1cccc(C)c1-c1cc2nc(n1)NS(=O)(=O)c1cccc(c1)C(=O)NCC1(CCN(C(=O)C(N)Cc3ccccc3)CC1)CO2. The molecule has 3 aromatic carbocycles. The van der Waals surface area contributed by atoms with Gasteiger partial charge in [0, 0.05) is 42.2 Å². The van der Waals surface area contributed by atoms with Crippen LogP contribution in [0.3, 0.4) is 0 Å². The summed E-state index contributed by atoms with van der Waals surface area (Å²) in [5.41, 5.74) is 10.3. The smallest absolute Gasteiger partial charge is 0.264 e. The van der Waals surface area contributed by atoms with Gasteiger partial charge < -0.3 is 20.7 Å². The maximum absolute atomic E-state index is 13.4. The molecule has 0 aliphatic carbocycles. The van der Waals surface area contributed by atoms with E-state index >= 15 is 0 Å². The molecule has 0 saturated carbocycles. The average Bonchev–Trinajstić information content (AvgIpc) is 3.06. The number of ether oxygens (including phenoxy) is 1. The molecule has 3 heterocycles. The second-order valence-electron chi connectivity index (χ2n) is 12.4. The summed E-state index contributed by atoms with van der Waals surface area (Å²) in [7, 11) is -4.14. The van der Waals surface area contributed by atoms with E-state index in [0.29, 0.717) is 38.0 Å². The lowest BCUT2D eigenvalue weighted by Gasteiger charge is -2.42. The second-order valence-corrected chi connectivity index (χ2v) is 14.1. The van der Waals surface area contributed by atoms with E-state index in [1.165, 1.54) is 18.2 Å². The van der Waals surface area contributed by atoms with Gasteiger partial charge in [0.05, 0.1) is 23.2 Å². The molecule has 0 radical (unpaired) electrons. The number of aromatic nitrogens is 2. The molecular weight excluding hydrogens is 616 g/mol. The van der Waals surface area contributed by atoms with Crippen molar-refractivity contribution in [3.05, 3.63) is 101 Å². The first-order chi connectivity index (χ1) is 22.5. The molecule has 12 heteroatoms. The lowest BCUT2D eigenvalue weighted by Crippen LogP contribution is -2.53. The molecule has 1 saturated heterocycles. The van der Waals surface area contributed by atoms with Crippen LogP contribution in [0.4, 0.5) is 5.95 Å². The Kier molecular flexibility index (Phi) is 8.98. The number of nitrogens with one attached hydrogen (secondary N) is 2. The molecule has 2 aliphatic heterocycles. The molecule has 1 spiro atoms. The summed E-state index contributed by atoms with van der Waals surface area (Å²) in [5.74, 6) is -0.476. The van der Waals surface area contributed by atoms with Crippen LogP contribution in [-0.4, -0.2) is 67.4 Å². The molecule has 4 bridgehead atoms. The summed E-state index contributed by atoms with van der Waals surface area (Å²) in [6, 6.07) is 22.4. The quantitative estimate of drug-likeness (QED) is 0.300. The van der Waals surface area contributed by atoms with E-state index in [1.807, 2.05) is 62.4 Å². The molecule has 4 aromatic rings. The molecule has 1 unspecified atom stereocenters. The van der Waals surface area contributed by atoms with Gasteiger partial charge in [-0.3, -0.25) is 9.59 Å². The molecule has 1 atom stereocenters. The fourth-order valence-corrected chi connectivity index (χ4v) is 7.22. The number of carbonyl (C=O) groups is 2. The predicted molar refractivity (Wildman–Crippen MR) is 178 cm³/mol. The molecule has 2 aliphatic rings. The van der Waals surface area contributed by atoms with Crippen molar-refractivity contribution >= 4 is 27.8 Å². The van der Waals surface area contributed by atoms with E-state index in [0.717, 1.165) is 22.3 Å². The monoisotopic (exact) mass is 654 g/mol. The summed E-state index contributed by atoms with van der Waals surface area (Å²) in [4.78, 5) is 37.3. The third kappa shape index (κ3) is 7.13. The molecule has 11 nitrogen and oxygen atoms in total. The van der Waals surface area contributed by atoms with Crippen LogP contribution in [0.2, 0.25) is 0 Å². The Labute approximate surface area is 274 Å². The van der Waals surface area contributed by atoms with Crippen LogP contribution in [0.1, 0.15) is 39.9 Å². The molecule has 1 fully saturated rings. The number of amides is 2. The fourth-order valence-electron chi connectivity index (χ4n) is 6.24. The highest BCUT2D eigenvalue weighted by atomic mass is 32.2. The number of aryl methyl sites for hydroxylation is 2. The van der Waals surface area contributed by atoms with Gasteiger partial charge >= 0.3 is 0 Å². The number of likely N-dealkylation sites (tertiary alicyclic amines) is 1. The first-order valence-corrected chi connectivity index (χ1v) is 17.1. The molecule has 4 N–H and O–H groups in total. The van der Waals surface area contributed by atoms with Gasteiger partial charge in [-0.05, 0) is 68.0 Å². The zero-order valence-corrected chi connectivity index (χ0v) is 27.2. The Bertz CT molecular complexity index is 1890. The van der Waals surface area contributed by atoms with E-state index in [9.17, 15) is 18.0 Å². The lowest BCUT2D eigenvalue weighted by atomic mass is 9.78. The van der Waals surface area contributed by atoms with E-state index in [-0.39, 0.29) is 41.3 Å². The Hall–Kier alpha value is -4.81. The number of benzene rings is 3. The number of nitrogens with two attached hydrogens (primary N) is 1.